The lowest BCUT2D eigenvalue weighted by Crippen LogP contribution is -3.00. The first-order valence-electron chi connectivity index (χ1n) is 19.1. The highest BCUT2D eigenvalue weighted by Gasteiger charge is 2.12. The summed E-state index contributed by atoms with van der Waals surface area (Å²) in [7, 11) is 3.93. The summed E-state index contributed by atoms with van der Waals surface area (Å²) < 4.78 is 3.92. The van der Waals surface area contributed by atoms with Gasteiger partial charge >= 0.3 is 0 Å². The summed E-state index contributed by atoms with van der Waals surface area (Å²) in [5.74, 6) is -0.393. The van der Waals surface area contributed by atoms with E-state index in [-0.39, 0.29) is 42.3 Å². The van der Waals surface area contributed by atoms with Crippen molar-refractivity contribution in [2.45, 2.75) is 0 Å². The number of halogens is 2. The van der Waals surface area contributed by atoms with Crippen LogP contribution in [0.15, 0.2) is 177 Å². The SMILES string of the molecule is C[n+]1ccc(Nc2cccc(NC(=O)c3ccc(N)cc3)c2)cc1.C[n+]1ccc(Nc2cccc(NC(=O)c3ccc(Nc4ccnc5cc([N+](=O)[O-])ccc45)cc3)c2)cc1.[Cl-].[Cl-]. The third-order valence-electron chi connectivity index (χ3n) is 9.31. The number of nitro benzene ring substituents is 1. The van der Waals surface area contributed by atoms with E-state index < -0.39 is 4.92 Å². The standard InChI is InChI=1S/C28H22N6O3.C19H18N4O.2ClH/c1-33-15-12-21(13-16-33)30-22-3-2-4-23(17-22)32-28(35)19-5-7-20(8-6-19)31-26-11-14-29-27-18-24(34(36)37)9-10-25(26)27;1-23-11-9-16(10-12-23)21-17-3-2-4-18(13-17)22-19(24)14-5-7-15(20)8-6-14;;/h2-18H,1H3,(H2,29,31,32,35);2-13H,1H3,(H3,20,22,24);2*1H. The summed E-state index contributed by atoms with van der Waals surface area (Å²) in [6.45, 7) is 0. The molecule has 0 aliphatic rings. The number of hydrogen-bond donors (Lipinski definition) is 6. The van der Waals surface area contributed by atoms with Crippen LogP contribution in [0.4, 0.5) is 56.9 Å². The van der Waals surface area contributed by atoms with Crippen LogP contribution in [0, 0.1) is 10.1 Å². The number of amides is 2. The highest BCUT2D eigenvalue weighted by Crippen LogP contribution is 2.28. The summed E-state index contributed by atoms with van der Waals surface area (Å²) >= 11 is 0. The van der Waals surface area contributed by atoms with Crippen molar-refractivity contribution in [3.8, 4) is 0 Å². The van der Waals surface area contributed by atoms with Gasteiger partial charge in [-0.25, -0.2) is 9.13 Å². The summed E-state index contributed by atoms with van der Waals surface area (Å²) in [6, 6.07) is 43.3. The van der Waals surface area contributed by atoms with E-state index in [1.807, 2.05) is 121 Å². The lowest BCUT2D eigenvalue weighted by atomic mass is 10.1. The summed E-state index contributed by atoms with van der Waals surface area (Å²) in [5.41, 5.74) is 14.5. The highest BCUT2D eigenvalue weighted by molar-refractivity contribution is 6.05. The molecule has 63 heavy (non-hydrogen) atoms. The molecule has 0 fully saturated rings. The molecule has 16 heteroatoms. The van der Waals surface area contributed by atoms with Crippen molar-refractivity contribution in [2.75, 3.05) is 32.3 Å². The number of nitro groups is 1. The number of pyridine rings is 3. The number of hydrogen-bond acceptors (Lipinski definition) is 9. The number of rotatable bonds is 11. The Balaban J connectivity index is 0.000000251. The summed E-state index contributed by atoms with van der Waals surface area (Å²) in [6.07, 6.45) is 9.44. The molecule has 0 radical (unpaired) electrons. The second-order valence-electron chi connectivity index (χ2n) is 14.0. The molecule has 3 aromatic heterocycles. The van der Waals surface area contributed by atoms with Gasteiger partial charge in [0.2, 0.25) is 0 Å². The van der Waals surface area contributed by atoms with E-state index in [9.17, 15) is 19.7 Å². The van der Waals surface area contributed by atoms with Gasteiger partial charge in [0.1, 0.15) is 14.1 Å². The predicted molar refractivity (Wildman–Crippen MR) is 240 cm³/mol. The van der Waals surface area contributed by atoms with Gasteiger partial charge in [-0.15, -0.1) is 0 Å². The second-order valence-corrected chi connectivity index (χ2v) is 14.0. The number of aromatic nitrogens is 3. The molecule has 0 atom stereocenters. The Morgan fingerprint density at radius 2 is 1.02 bits per heavy atom. The molecular formula is C47H42Cl2N10O4. The van der Waals surface area contributed by atoms with Crippen LogP contribution in [0.2, 0.25) is 0 Å². The van der Waals surface area contributed by atoms with E-state index in [1.165, 1.54) is 12.1 Å². The molecule has 318 valence electrons. The molecule has 8 aromatic rings. The van der Waals surface area contributed by atoms with E-state index in [1.54, 1.807) is 66.9 Å². The largest absolute Gasteiger partial charge is 1.00 e. The van der Waals surface area contributed by atoms with Gasteiger partial charge in [0.15, 0.2) is 24.8 Å². The number of carbonyl (C=O) groups is 2. The molecule has 8 rings (SSSR count). The van der Waals surface area contributed by atoms with Crippen molar-refractivity contribution in [1.29, 1.82) is 0 Å². The minimum Gasteiger partial charge on any atom is -1.00 e. The maximum Gasteiger partial charge on any atom is 0.271 e. The number of fused-ring (bicyclic) bond motifs is 1. The van der Waals surface area contributed by atoms with Gasteiger partial charge in [-0.05, 0) is 97.1 Å². The van der Waals surface area contributed by atoms with Crippen molar-refractivity contribution in [3.63, 3.8) is 0 Å². The van der Waals surface area contributed by atoms with Crippen LogP contribution in [-0.2, 0) is 14.1 Å². The molecule has 3 heterocycles. The Hall–Kier alpha value is -8.07. The third-order valence-corrected chi connectivity index (χ3v) is 9.31. The molecule has 0 unspecified atom stereocenters. The van der Waals surface area contributed by atoms with E-state index in [0.717, 1.165) is 45.2 Å². The quantitative estimate of drug-likeness (QED) is 0.0493. The number of anilines is 9. The zero-order chi connectivity index (χ0) is 42.7. The number of benzene rings is 5. The Labute approximate surface area is 375 Å². The van der Waals surface area contributed by atoms with E-state index in [0.29, 0.717) is 28.0 Å². The van der Waals surface area contributed by atoms with Crippen molar-refractivity contribution >= 4 is 79.6 Å². The minimum atomic E-state index is -0.443. The fourth-order valence-corrected chi connectivity index (χ4v) is 6.11. The average molecular weight is 882 g/mol. The van der Waals surface area contributed by atoms with E-state index in [4.69, 9.17) is 5.73 Å². The summed E-state index contributed by atoms with van der Waals surface area (Å²) in [5, 5.41) is 27.6. The van der Waals surface area contributed by atoms with Crippen LogP contribution in [0.3, 0.4) is 0 Å². The average Bonchev–Trinajstić information content (AvgIpc) is 3.26. The van der Waals surface area contributed by atoms with Crippen LogP contribution in [0.1, 0.15) is 20.7 Å². The fourth-order valence-electron chi connectivity index (χ4n) is 6.11. The molecule has 0 saturated heterocycles. The molecule has 0 bridgehead atoms. The molecule has 0 aliphatic heterocycles. The Kier molecular flexibility index (Phi) is 15.7. The van der Waals surface area contributed by atoms with Crippen molar-refractivity contribution in [3.05, 3.63) is 198 Å². The van der Waals surface area contributed by atoms with Crippen molar-refractivity contribution < 1.29 is 48.5 Å². The first kappa shape index (κ1) is 46.0. The Morgan fingerprint density at radius 1 is 0.556 bits per heavy atom. The van der Waals surface area contributed by atoms with Gasteiger partial charge in [-0.3, -0.25) is 24.7 Å². The first-order valence-corrected chi connectivity index (χ1v) is 19.1. The van der Waals surface area contributed by atoms with Crippen LogP contribution >= 0.6 is 0 Å². The number of nitrogen functional groups attached to an aromatic ring is 1. The molecule has 0 aliphatic carbocycles. The maximum absolute atomic E-state index is 12.8. The van der Waals surface area contributed by atoms with Gasteiger partial charge in [0.25, 0.3) is 17.5 Å². The van der Waals surface area contributed by atoms with Crippen LogP contribution < -0.4 is 66.3 Å². The maximum atomic E-state index is 12.8. The molecule has 5 aromatic carbocycles. The first-order chi connectivity index (χ1) is 29.5. The number of nitrogens with one attached hydrogen (secondary N) is 5. The van der Waals surface area contributed by atoms with Crippen LogP contribution in [0.25, 0.3) is 10.9 Å². The van der Waals surface area contributed by atoms with E-state index in [2.05, 4.69) is 31.6 Å². The minimum absolute atomic E-state index is 0. The van der Waals surface area contributed by atoms with E-state index >= 15 is 0 Å². The summed E-state index contributed by atoms with van der Waals surface area (Å²) in [4.78, 5) is 39.9. The molecule has 0 saturated carbocycles. The molecule has 14 nitrogen and oxygen atoms in total. The van der Waals surface area contributed by atoms with Crippen LogP contribution in [0.5, 0.6) is 0 Å². The van der Waals surface area contributed by atoms with Gasteiger partial charge in [0.05, 0.1) is 21.8 Å². The number of carbonyl (C=O) groups excluding carboxylic acids is 2. The fraction of sp³-hybridized carbons (Fsp3) is 0.0426. The lowest BCUT2D eigenvalue weighted by molar-refractivity contribution is -0.671. The lowest BCUT2D eigenvalue weighted by Gasteiger charge is -2.11. The molecule has 7 N–H and O–H groups in total. The van der Waals surface area contributed by atoms with Gasteiger partial charge < -0.3 is 57.1 Å². The number of non-ortho nitro benzene ring substituents is 1. The topological polar surface area (TPSA) is 184 Å². The van der Waals surface area contributed by atoms with Crippen LogP contribution in [-0.4, -0.2) is 21.7 Å². The van der Waals surface area contributed by atoms with Crippen molar-refractivity contribution in [2.24, 2.45) is 14.1 Å². The van der Waals surface area contributed by atoms with Gasteiger partial charge in [-0.1, -0.05) is 12.1 Å². The van der Waals surface area contributed by atoms with Gasteiger partial charge in [-0.2, -0.15) is 0 Å². The smallest absolute Gasteiger partial charge is 0.271 e. The highest BCUT2D eigenvalue weighted by atomic mass is 35.5. The van der Waals surface area contributed by atoms with Gasteiger partial charge in [0, 0.05) is 98.9 Å². The Morgan fingerprint density at radius 3 is 1.51 bits per heavy atom. The second kappa shape index (κ2) is 21.4. The number of nitrogens with zero attached hydrogens (tertiary/aromatic N) is 4. The predicted octanol–water partition coefficient (Wildman–Crippen LogP) is 2.80. The molecule has 0 spiro atoms. The molecule has 2 amide bonds. The number of nitrogens with two attached hydrogens (primary N) is 1. The monoisotopic (exact) mass is 880 g/mol. The zero-order valence-corrected chi connectivity index (χ0v) is 35.5. The Bertz CT molecular complexity index is 2830. The normalized spacial score (nSPS) is 10.1. The molecular weight excluding hydrogens is 839 g/mol. The number of aryl methyl sites for hydroxylation is 2. The zero-order valence-electron chi connectivity index (χ0n) is 34.0. The third kappa shape index (κ3) is 12.7. The van der Waals surface area contributed by atoms with Crippen molar-refractivity contribution in [1.82, 2.24) is 4.98 Å².